The lowest BCUT2D eigenvalue weighted by atomic mass is 10.5. The van der Waals surface area contributed by atoms with Crippen molar-refractivity contribution in [2.24, 2.45) is 0 Å². The largest absolute Gasteiger partial charge is 0.394 e. The van der Waals surface area contributed by atoms with E-state index in [1.807, 2.05) is 0 Å². The molecule has 0 saturated heterocycles. The molecular weight excluding hydrogens is 110 g/mol. The van der Waals surface area contributed by atoms with Gasteiger partial charge >= 0.3 is 0 Å². The zero-order valence-electron chi connectivity index (χ0n) is 4.59. The summed E-state index contributed by atoms with van der Waals surface area (Å²) in [6, 6.07) is 0. The molecule has 0 saturated carbocycles. The molecular formula is C4H9NO3. The lowest BCUT2D eigenvalue weighted by Crippen LogP contribution is -2.03. The number of nitrogens with one attached hydrogen (secondary N) is 1. The highest BCUT2D eigenvalue weighted by Crippen LogP contribution is 1.68. The third-order valence-corrected chi connectivity index (χ3v) is 0.264. The standard InChI is InChI=1S/C3H8O2.CHNO/c1-3(5)2-4;2-1-3/h3-5H,2H2,1H3;2H. The quantitative estimate of drug-likeness (QED) is 0.314. The minimum absolute atomic E-state index is 0.139. The van der Waals surface area contributed by atoms with E-state index in [9.17, 15) is 0 Å². The molecule has 0 aromatic heterocycles. The Morgan fingerprint density at radius 2 is 2.00 bits per heavy atom. The van der Waals surface area contributed by atoms with Gasteiger partial charge in [0, 0.05) is 0 Å². The highest BCUT2D eigenvalue weighted by Gasteiger charge is 1.83. The van der Waals surface area contributed by atoms with Crippen molar-refractivity contribution in [3.8, 4) is 0 Å². The van der Waals surface area contributed by atoms with Crippen LogP contribution in [0.1, 0.15) is 6.92 Å². The molecule has 0 fully saturated rings. The summed E-state index contributed by atoms with van der Waals surface area (Å²) in [7, 11) is 0. The summed E-state index contributed by atoms with van der Waals surface area (Å²) in [5, 5.41) is 21.4. The van der Waals surface area contributed by atoms with Crippen molar-refractivity contribution in [2.75, 3.05) is 6.61 Å². The summed E-state index contributed by atoms with van der Waals surface area (Å²) in [4.78, 5) is 8.35. The normalized spacial score (nSPS) is 10.4. The first-order chi connectivity index (χ1) is 3.68. The van der Waals surface area contributed by atoms with Crippen LogP contribution in [0.15, 0.2) is 0 Å². The van der Waals surface area contributed by atoms with Gasteiger partial charge in [0.25, 0.3) is 0 Å². The average molecular weight is 119 g/mol. The van der Waals surface area contributed by atoms with E-state index in [1.165, 1.54) is 6.92 Å². The average Bonchev–Trinajstić information content (AvgIpc) is 1.69. The topological polar surface area (TPSA) is 81.4 Å². The van der Waals surface area contributed by atoms with E-state index in [0.717, 1.165) is 6.08 Å². The molecule has 48 valence electrons. The second-order valence-corrected chi connectivity index (χ2v) is 1.13. The van der Waals surface area contributed by atoms with E-state index in [1.54, 1.807) is 0 Å². The van der Waals surface area contributed by atoms with Gasteiger partial charge in [-0.1, -0.05) is 0 Å². The van der Waals surface area contributed by atoms with Gasteiger partial charge < -0.3 is 10.2 Å². The van der Waals surface area contributed by atoms with Gasteiger partial charge in [0.2, 0.25) is 6.08 Å². The molecule has 0 heterocycles. The van der Waals surface area contributed by atoms with Crippen molar-refractivity contribution in [1.29, 1.82) is 5.41 Å². The molecule has 0 aliphatic rings. The van der Waals surface area contributed by atoms with Gasteiger partial charge in [-0.25, -0.2) is 10.2 Å². The minimum Gasteiger partial charge on any atom is -0.394 e. The predicted octanol–water partition coefficient (Wildman–Crippen LogP) is -0.740. The van der Waals surface area contributed by atoms with Gasteiger partial charge in [-0.15, -0.1) is 0 Å². The van der Waals surface area contributed by atoms with Crippen LogP contribution in [0.25, 0.3) is 0 Å². The van der Waals surface area contributed by atoms with Gasteiger partial charge in [-0.3, -0.25) is 0 Å². The molecule has 4 nitrogen and oxygen atoms in total. The molecule has 0 rings (SSSR count). The number of aliphatic hydroxyl groups excluding tert-OH is 2. The summed E-state index contributed by atoms with van der Waals surface area (Å²) in [6.07, 6.45) is 0.190. The fourth-order valence-corrected chi connectivity index (χ4v) is 0. The molecule has 0 spiro atoms. The third kappa shape index (κ3) is 58.0. The van der Waals surface area contributed by atoms with Gasteiger partial charge in [-0.05, 0) is 6.92 Å². The van der Waals surface area contributed by atoms with Gasteiger partial charge in [0.15, 0.2) is 0 Å². The number of aliphatic hydroxyl groups is 2. The van der Waals surface area contributed by atoms with E-state index in [2.05, 4.69) is 0 Å². The van der Waals surface area contributed by atoms with Crippen LogP contribution in [0.4, 0.5) is 0 Å². The molecule has 3 N–H and O–H groups in total. The second-order valence-electron chi connectivity index (χ2n) is 1.13. The van der Waals surface area contributed by atoms with Gasteiger partial charge in [-0.2, -0.15) is 0 Å². The molecule has 0 aliphatic heterocycles. The number of hydrogen-bond acceptors (Lipinski definition) is 4. The zero-order valence-corrected chi connectivity index (χ0v) is 4.59. The van der Waals surface area contributed by atoms with Crippen LogP contribution in [0.3, 0.4) is 0 Å². The van der Waals surface area contributed by atoms with Gasteiger partial charge in [0.1, 0.15) is 0 Å². The number of isocyanates is 1. The summed E-state index contributed by atoms with van der Waals surface area (Å²) in [5.41, 5.74) is 0. The van der Waals surface area contributed by atoms with Crippen LogP contribution in [-0.2, 0) is 4.79 Å². The Balaban J connectivity index is 0. The Morgan fingerprint density at radius 1 is 1.88 bits per heavy atom. The van der Waals surface area contributed by atoms with Crippen LogP contribution in [0.2, 0.25) is 0 Å². The lowest BCUT2D eigenvalue weighted by molar-refractivity contribution is 0.110. The molecule has 1 unspecified atom stereocenters. The van der Waals surface area contributed by atoms with Crippen LogP contribution in [0, 0.1) is 5.41 Å². The maximum absolute atomic E-state index is 8.35. The number of carbonyl (C=O) groups excluding carboxylic acids is 1. The first-order valence-corrected chi connectivity index (χ1v) is 2.01. The molecule has 0 aromatic carbocycles. The Bertz CT molecular complexity index is 65.7. The van der Waals surface area contributed by atoms with Crippen molar-refractivity contribution in [3.63, 3.8) is 0 Å². The smallest absolute Gasteiger partial charge is 0.231 e. The van der Waals surface area contributed by atoms with Crippen molar-refractivity contribution in [3.05, 3.63) is 0 Å². The Labute approximate surface area is 47.3 Å². The zero-order chi connectivity index (χ0) is 6.99. The molecule has 0 aromatic rings. The fourth-order valence-electron chi connectivity index (χ4n) is 0. The molecule has 0 radical (unpaired) electrons. The first kappa shape index (κ1) is 10.3. The van der Waals surface area contributed by atoms with Crippen LogP contribution >= 0.6 is 0 Å². The molecule has 0 amide bonds. The van der Waals surface area contributed by atoms with E-state index in [4.69, 9.17) is 20.4 Å². The van der Waals surface area contributed by atoms with E-state index >= 15 is 0 Å². The summed E-state index contributed by atoms with van der Waals surface area (Å²) >= 11 is 0. The SMILES string of the molecule is CC(O)CO.N=C=O. The van der Waals surface area contributed by atoms with E-state index in [-0.39, 0.29) is 6.61 Å². The second kappa shape index (κ2) is 9.57. The van der Waals surface area contributed by atoms with Crippen LogP contribution in [-0.4, -0.2) is 29.0 Å². The number of rotatable bonds is 1. The van der Waals surface area contributed by atoms with Gasteiger partial charge in [0.05, 0.1) is 12.7 Å². The highest BCUT2D eigenvalue weighted by molar-refractivity contribution is 5.26. The molecule has 0 aliphatic carbocycles. The van der Waals surface area contributed by atoms with E-state index < -0.39 is 6.10 Å². The fraction of sp³-hybridized carbons (Fsp3) is 0.750. The summed E-state index contributed by atoms with van der Waals surface area (Å²) in [6.45, 7) is 1.39. The summed E-state index contributed by atoms with van der Waals surface area (Å²) < 4.78 is 0. The molecule has 0 bridgehead atoms. The van der Waals surface area contributed by atoms with Crippen molar-refractivity contribution in [1.82, 2.24) is 0 Å². The first-order valence-electron chi connectivity index (χ1n) is 2.01. The van der Waals surface area contributed by atoms with E-state index in [0.29, 0.717) is 0 Å². The predicted molar refractivity (Wildman–Crippen MR) is 27.2 cm³/mol. The Kier molecular flexibility index (Phi) is 12.3. The molecule has 4 heteroatoms. The summed E-state index contributed by atoms with van der Waals surface area (Å²) in [5.74, 6) is 0. The van der Waals surface area contributed by atoms with Crippen molar-refractivity contribution in [2.45, 2.75) is 13.0 Å². The minimum atomic E-state index is -0.560. The highest BCUT2D eigenvalue weighted by atomic mass is 16.3. The Morgan fingerprint density at radius 3 is 2.00 bits per heavy atom. The molecule has 1 atom stereocenters. The maximum Gasteiger partial charge on any atom is 0.231 e. The molecule has 8 heavy (non-hydrogen) atoms. The number of hydrogen-bond donors (Lipinski definition) is 3. The monoisotopic (exact) mass is 119 g/mol. The lowest BCUT2D eigenvalue weighted by Gasteiger charge is -1.90. The van der Waals surface area contributed by atoms with Crippen molar-refractivity contribution >= 4 is 6.08 Å². The Hall–Kier alpha value is -0.700. The maximum atomic E-state index is 8.35. The van der Waals surface area contributed by atoms with Crippen molar-refractivity contribution < 1.29 is 15.0 Å². The van der Waals surface area contributed by atoms with Crippen LogP contribution in [0.5, 0.6) is 0 Å². The van der Waals surface area contributed by atoms with Crippen LogP contribution < -0.4 is 0 Å². The third-order valence-electron chi connectivity index (χ3n) is 0.264.